The van der Waals surface area contributed by atoms with Gasteiger partial charge < -0.3 is 4.74 Å². The molecular weight excluding hydrogens is 260 g/mol. The Morgan fingerprint density at radius 3 is 2.14 bits per heavy atom. The summed E-state index contributed by atoms with van der Waals surface area (Å²) in [6.07, 6.45) is 10.9. The van der Waals surface area contributed by atoms with Crippen molar-refractivity contribution in [3.8, 4) is 0 Å². The Morgan fingerprint density at radius 1 is 1.00 bits per heavy atom. The molecule has 0 atom stereocenters. The topological polar surface area (TPSA) is 26.3 Å². The van der Waals surface area contributed by atoms with E-state index in [9.17, 15) is 4.79 Å². The SMILES string of the molecule is O=C(C=Cc1ccccc1)OC12CC3CC(CC(C3)C1)C2. The lowest BCUT2D eigenvalue weighted by molar-refractivity contribution is -0.181. The molecule has 1 aromatic rings. The van der Waals surface area contributed by atoms with Crippen molar-refractivity contribution < 1.29 is 9.53 Å². The maximum absolute atomic E-state index is 12.2. The molecule has 1 aromatic carbocycles. The zero-order valence-electron chi connectivity index (χ0n) is 12.3. The number of hydrogen-bond acceptors (Lipinski definition) is 2. The van der Waals surface area contributed by atoms with E-state index in [0.717, 1.165) is 42.6 Å². The maximum Gasteiger partial charge on any atom is 0.331 e. The van der Waals surface area contributed by atoms with Gasteiger partial charge in [0.05, 0.1) is 0 Å². The average molecular weight is 282 g/mol. The van der Waals surface area contributed by atoms with Crippen molar-refractivity contribution in [1.82, 2.24) is 0 Å². The molecule has 2 heteroatoms. The molecule has 0 saturated heterocycles. The molecule has 0 unspecified atom stereocenters. The van der Waals surface area contributed by atoms with E-state index in [1.807, 2.05) is 36.4 Å². The van der Waals surface area contributed by atoms with Crippen LogP contribution >= 0.6 is 0 Å². The molecular formula is C19H22O2. The van der Waals surface area contributed by atoms with Crippen LogP contribution in [0.1, 0.15) is 44.1 Å². The van der Waals surface area contributed by atoms with Crippen molar-refractivity contribution in [3.05, 3.63) is 42.0 Å². The fraction of sp³-hybridized carbons (Fsp3) is 0.526. The minimum absolute atomic E-state index is 0.132. The number of esters is 1. The van der Waals surface area contributed by atoms with Gasteiger partial charge in [0, 0.05) is 6.08 Å². The van der Waals surface area contributed by atoms with E-state index < -0.39 is 0 Å². The highest BCUT2D eigenvalue weighted by Gasteiger charge is 2.52. The van der Waals surface area contributed by atoms with Crippen molar-refractivity contribution in [2.24, 2.45) is 17.8 Å². The largest absolute Gasteiger partial charge is 0.456 e. The van der Waals surface area contributed by atoms with E-state index in [1.165, 1.54) is 19.3 Å². The van der Waals surface area contributed by atoms with E-state index in [-0.39, 0.29) is 11.6 Å². The molecule has 4 saturated carbocycles. The van der Waals surface area contributed by atoms with Crippen LogP contribution in [-0.4, -0.2) is 11.6 Å². The Bertz CT molecular complexity index is 523. The zero-order chi connectivity index (χ0) is 14.3. The molecule has 5 rings (SSSR count). The molecule has 4 bridgehead atoms. The highest BCUT2D eigenvalue weighted by Crippen LogP contribution is 2.57. The molecule has 0 amide bonds. The van der Waals surface area contributed by atoms with Gasteiger partial charge in [-0.3, -0.25) is 0 Å². The smallest absolute Gasteiger partial charge is 0.331 e. The zero-order valence-corrected chi connectivity index (χ0v) is 12.3. The van der Waals surface area contributed by atoms with Crippen LogP contribution < -0.4 is 0 Å². The number of rotatable bonds is 3. The molecule has 2 nitrogen and oxygen atoms in total. The van der Waals surface area contributed by atoms with Crippen LogP contribution in [0.25, 0.3) is 6.08 Å². The van der Waals surface area contributed by atoms with Crippen molar-refractivity contribution >= 4 is 12.0 Å². The van der Waals surface area contributed by atoms with Gasteiger partial charge in [-0.15, -0.1) is 0 Å². The predicted octanol–water partition coefficient (Wildman–Crippen LogP) is 4.21. The lowest BCUT2D eigenvalue weighted by Crippen LogP contribution is -2.52. The van der Waals surface area contributed by atoms with Gasteiger partial charge in [-0.05, 0) is 67.9 Å². The number of hydrogen-bond donors (Lipinski definition) is 0. The quantitative estimate of drug-likeness (QED) is 0.613. The monoisotopic (exact) mass is 282 g/mol. The molecule has 0 aromatic heterocycles. The molecule has 0 aliphatic heterocycles. The molecule has 0 N–H and O–H groups in total. The molecule has 4 fully saturated rings. The highest BCUT2D eigenvalue weighted by molar-refractivity contribution is 5.87. The normalized spacial score (nSPS) is 37.0. The summed E-state index contributed by atoms with van der Waals surface area (Å²) in [7, 11) is 0. The van der Waals surface area contributed by atoms with E-state index in [1.54, 1.807) is 6.08 Å². The molecule has 4 aliphatic carbocycles. The summed E-state index contributed by atoms with van der Waals surface area (Å²) in [6, 6.07) is 9.92. The summed E-state index contributed by atoms with van der Waals surface area (Å²) in [5.74, 6) is 2.26. The number of carbonyl (C=O) groups excluding carboxylic acids is 1. The van der Waals surface area contributed by atoms with Crippen molar-refractivity contribution in [2.45, 2.75) is 44.1 Å². The fourth-order valence-electron chi connectivity index (χ4n) is 5.13. The maximum atomic E-state index is 12.2. The fourth-order valence-corrected chi connectivity index (χ4v) is 5.13. The minimum Gasteiger partial charge on any atom is -0.456 e. The Hall–Kier alpha value is -1.57. The lowest BCUT2D eigenvalue weighted by Gasteiger charge is -2.55. The second-order valence-electron chi connectivity index (χ2n) is 7.27. The predicted molar refractivity (Wildman–Crippen MR) is 82.5 cm³/mol. The summed E-state index contributed by atoms with van der Waals surface area (Å²) in [6.45, 7) is 0. The van der Waals surface area contributed by atoms with Crippen molar-refractivity contribution in [2.75, 3.05) is 0 Å². The Balaban J connectivity index is 1.44. The molecule has 0 radical (unpaired) electrons. The summed E-state index contributed by atoms with van der Waals surface area (Å²) in [4.78, 5) is 12.2. The van der Waals surface area contributed by atoms with Gasteiger partial charge in [-0.2, -0.15) is 0 Å². The summed E-state index contributed by atoms with van der Waals surface area (Å²) in [5, 5.41) is 0. The molecule has 0 heterocycles. The third-order valence-electron chi connectivity index (χ3n) is 5.51. The number of ether oxygens (including phenoxy) is 1. The first-order valence-electron chi connectivity index (χ1n) is 8.17. The summed E-state index contributed by atoms with van der Waals surface area (Å²) in [5.41, 5.74) is 0.910. The van der Waals surface area contributed by atoms with E-state index in [4.69, 9.17) is 4.74 Å². The van der Waals surface area contributed by atoms with Gasteiger partial charge in [-0.1, -0.05) is 30.3 Å². The first-order chi connectivity index (χ1) is 10.2. The third-order valence-corrected chi connectivity index (χ3v) is 5.51. The first-order valence-corrected chi connectivity index (χ1v) is 8.17. The van der Waals surface area contributed by atoms with Gasteiger partial charge in [-0.25, -0.2) is 4.79 Å². The summed E-state index contributed by atoms with van der Waals surface area (Å²) >= 11 is 0. The third kappa shape index (κ3) is 2.64. The molecule has 110 valence electrons. The van der Waals surface area contributed by atoms with Crippen LogP contribution in [0.2, 0.25) is 0 Å². The van der Waals surface area contributed by atoms with Crippen LogP contribution in [0.5, 0.6) is 0 Å². The van der Waals surface area contributed by atoms with Crippen LogP contribution in [0.3, 0.4) is 0 Å². The van der Waals surface area contributed by atoms with Crippen molar-refractivity contribution in [1.29, 1.82) is 0 Å². The van der Waals surface area contributed by atoms with Gasteiger partial charge in [0.2, 0.25) is 0 Å². The Labute approximate surface area is 126 Å². The standard InChI is InChI=1S/C19H22O2/c20-18(7-6-14-4-2-1-3-5-14)21-19-11-15-8-16(12-19)10-17(9-15)13-19/h1-7,15-17H,8-13H2. The second kappa shape index (κ2) is 5.01. The minimum atomic E-state index is -0.166. The van der Waals surface area contributed by atoms with Crippen LogP contribution in [0.15, 0.2) is 36.4 Å². The van der Waals surface area contributed by atoms with E-state index in [2.05, 4.69) is 0 Å². The second-order valence-corrected chi connectivity index (χ2v) is 7.27. The molecule has 0 spiro atoms. The van der Waals surface area contributed by atoms with Crippen molar-refractivity contribution in [3.63, 3.8) is 0 Å². The lowest BCUT2D eigenvalue weighted by atomic mass is 9.54. The van der Waals surface area contributed by atoms with Crippen LogP contribution in [-0.2, 0) is 9.53 Å². The van der Waals surface area contributed by atoms with Crippen LogP contribution in [0.4, 0.5) is 0 Å². The van der Waals surface area contributed by atoms with Crippen LogP contribution in [0, 0.1) is 17.8 Å². The average Bonchev–Trinajstić information content (AvgIpc) is 2.44. The first kappa shape index (κ1) is 13.1. The Kier molecular flexibility index (Phi) is 3.13. The summed E-state index contributed by atoms with van der Waals surface area (Å²) < 4.78 is 5.95. The Morgan fingerprint density at radius 2 is 1.57 bits per heavy atom. The van der Waals surface area contributed by atoms with Gasteiger partial charge in [0.1, 0.15) is 5.60 Å². The number of benzene rings is 1. The molecule has 21 heavy (non-hydrogen) atoms. The highest BCUT2D eigenvalue weighted by atomic mass is 16.6. The van der Waals surface area contributed by atoms with Gasteiger partial charge in [0.15, 0.2) is 0 Å². The van der Waals surface area contributed by atoms with Gasteiger partial charge in [0.25, 0.3) is 0 Å². The van der Waals surface area contributed by atoms with Gasteiger partial charge >= 0.3 is 5.97 Å². The van der Waals surface area contributed by atoms with E-state index in [0.29, 0.717) is 0 Å². The van der Waals surface area contributed by atoms with E-state index >= 15 is 0 Å². The number of carbonyl (C=O) groups is 1. The molecule has 4 aliphatic rings.